The molecule has 4 aliphatic rings. The van der Waals surface area contributed by atoms with Gasteiger partial charge in [0.05, 0.1) is 6.10 Å². The van der Waals surface area contributed by atoms with E-state index < -0.39 is 23.6 Å². The van der Waals surface area contributed by atoms with Gasteiger partial charge in [-0.25, -0.2) is 0 Å². The summed E-state index contributed by atoms with van der Waals surface area (Å²) < 4.78 is 0. The normalized spacial score (nSPS) is 24.8. The Bertz CT molecular complexity index is 1520. The molecule has 0 aromatic heterocycles. The summed E-state index contributed by atoms with van der Waals surface area (Å²) in [4.78, 5) is 49.5. The van der Waals surface area contributed by atoms with Gasteiger partial charge in [-0.1, -0.05) is 110 Å². The van der Waals surface area contributed by atoms with Crippen LogP contribution in [0.2, 0.25) is 0 Å². The van der Waals surface area contributed by atoms with Crippen LogP contribution < -0.4 is 5.32 Å². The van der Waals surface area contributed by atoms with Crippen LogP contribution in [0.5, 0.6) is 0 Å². The van der Waals surface area contributed by atoms with Gasteiger partial charge in [0.25, 0.3) is 0 Å². The largest absolute Gasteiger partial charge is 0.391 e. The Morgan fingerprint density at radius 3 is 1.82 bits per heavy atom. The van der Waals surface area contributed by atoms with E-state index in [2.05, 4.69) is 10.2 Å². The van der Waals surface area contributed by atoms with Crippen molar-refractivity contribution in [1.29, 1.82) is 0 Å². The van der Waals surface area contributed by atoms with Crippen LogP contribution in [0.4, 0.5) is 0 Å². The van der Waals surface area contributed by atoms with Gasteiger partial charge in [0, 0.05) is 39.1 Å². The van der Waals surface area contributed by atoms with Gasteiger partial charge in [-0.05, 0) is 73.6 Å². The van der Waals surface area contributed by atoms with E-state index in [1.165, 1.54) is 32.1 Å². The monoisotopic (exact) mass is 690 g/mol. The van der Waals surface area contributed by atoms with Gasteiger partial charge in [-0.3, -0.25) is 14.4 Å². The standard InChI is InChI=1S/C43H54N4O4/c48-37-27-39(40(49)44-28-33-17-13-25-45(30-33)29-32-15-5-1-6-16-32)47(31-37)41(50)38-24-14-26-46(38)42(51)43(34-18-7-2-8-19-34,35-20-9-3-10-21-35)36-22-11-4-12-23-36/h2-4,7-12,18-23,32-33,37-39,48H,1,5-6,13-17,24-31H2,(H,44,49)/t33-,37+,38+,39-/m1/s1. The molecule has 0 spiro atoms. The van der Waals surface area contributed by atoms with E-state index in [9.17, 15) is 14.7 Å². The molecule has 1 aliphatic carbocycles. The number of hydrogen-bond donors (Lipinski definition) is 2. The van der Waals surface area contributed by atoms with E-state index in [4.69, 9.17) is 0 Å². The van der Waals surface area contributed by atoms with Gasteiger partial charge < -0.3 is 25.1 Å². The average molecular weight is 691 g/mol. The smallest absolute Gasteiger partial charge is 0.246 e. The maximum atomic E-state index is 15.3. The Hall–Kier alpha value is -4.01. The number of benzene rings is 3. The number of aliphatic hydroxyl groups excluding tert-OH is 1. The van der Waals surface area contributed by atoms with E-state index in [1.54, 1.807) is 9.80 Å². The minimum absolute atomic E-state index is 0.0925. The number of likely N-dealkylation sites (tertiary alicyclic amines) is 3. The molecule has 3 heterocycles. The number of nitrogens with zero attached hydrogens (tertiary/aromatic N) is 3. The molecule has 3 aromatic carbocycles. The predicted octanol–water partition coefficient (Wildman–Crippen LogP) is 5.38. The van der Waals surface area contributed by atoms with Gasteiger partial charge in [0.15, 0.2) is 0 Å². The summed E-state index contributed by atoms with van der Waals surface area (Å²) in [5.74, 6) is 0.570. The Morgan fingerprint density at radius 2 is 1.22 bits per heavy atom. The highest BCUT2D eigenvalue weighted by Crippen LogP contribution is 2.43. The number of nitrogens with one attached hydrogen (secondary N) is 1. The first-order valence-corrected chi connectivity index (χ1v) is 19.4. The minimum Gasteiger partial charge on any atom is -0.391 e. The summed E-state index contributed by atoms with van der Waals surface area (Å²) in [6.45, 7) is 4.41. The molecular weight excluding hydrogens is 636 g/mol. The number of rotatable bonds is 10. The highest BCUT2D eigenvalue weighted by Gasteiger charge is 2.51. The fourth-order valence-corrected chi connectivity index (χ4v) is 9.50. The molecule has 3 aromatic rings. The fourth-order valence-electron chi connectivity index (χ4n) is 9.50. The highest BCUT2D eigenvalue weighted by atomic mass is 16.3. The number of β-amino-alcohol motifs (C(OH)–C–C–N with tert-alkyl or cyclic N) is 1. The van der Waals surface area contributed by atoms with E-state index in [1.807, 2.05) is 91.0 Å². The van der Waals surface area contributed by atoms with Gasteiger partial charge in [0.1, 0.15) is 17.5 Å². The van der Waals surface area contributed by atoms with Crippen LogP contribution in [0, 0.1) is 11.8 Å². The SMILES string of the molecule is O=C(NC[C@H]1CCCN(CC2CCCCC2)C1)[C@H]1C[C@H](O)CN1C(=O)[C@@H]1CCCN1C(=O)C(c1ccccc1)(c1ccccc1)c1ccccc1. The summed E-state index contributed by atoms with van der Waals surface area (Å²) >= 11 is 0. The molecule has 4 fully saturated rings. The third-order valence-corrected chi connectivity index (χ3v) is 12.0. The van der Waals surface area contributed by atoms with Crippen molar-refractivity contribution in [2.75, 3.05) is 39.3 Å². The Kier molecular flexibility index (Phi) is 11.2. The lowest BCUT2D eigenvalue weighted by Crippen LogP contribution is -2.56. The van der Waals surface area contributed by atoms with E-state index >= 15 is 4.79 Å². The van der Waals surface area contributed by atoms with Gasteiger partial charge in [-0.15, -0.1) is 0 Å². The Labute approximate surface area is 303 Å². The molecule has 3 amide bonds. The summed E-state index contributed by atoms with van der Waals surface area (Å²) in [7, 11) is 0. The number of aliphatic hydroxyl groups is 1. The molecule has 2 N–H and O–H groups in total. The Morgan fingerprint density at radius 1 is 0.647 bits per heavy atom. The molecule has 8 heteroatoms. The summed E-state index contributed by atoms with van der Waals surface area (Å²) in [5.41, 5.74) is 1.32. The molecular formula is C43H54N4O4. The number of piperidine rings is 1. The molecule has 4 atom stereocenters. The van der Waals surface area contributed by atoms with Crippen LogP contribution in [0.15, 0.2) is 91.0 Å². The summed E-state index contributed by atoms with van der Waals surface area (Å²) in [6.07, 6.45) is 9.58. The van der Waals surface area contributed by atoms with E-state index in [-0.39, 0.29) is 30.7 Å². The Balaban J connectivity index is 1.09. The lowest BCUT2D eigenvalue weighted by molar-refractivity contribution is -0.148. The van der Waals surface area contributed by atoms with Crippen LogP contribution >= 0.6 is 0 Å². The molecule has 7 rings (SSSR count). The van der Waals surface area contributed by atoms with Gasteiger partial charge in [0.2, 0.25) is 17.7 Å². The lowest BCUT2D eigenvalue weighted by Gasteiger charge is -2.40. The first-order chi connectivity index (χ1) is 24.9. The summed E-state index contributed by atoms with van der Waals surface area (Å²) in [6, 6.07) is 28.0. The van der Waals surface area contributed by atoms with E-state index in [0.29, 0.717) is 31.8 Å². The molecule has 8 nitrogen and oxygen atoms in total. The van der Waals surface area contributed by atoms with Gasteiger partial charge in [-0.2, -0.15) is 0 Å². The predicted molar refractivity (Wildman–Crippen MR) is 199 cm³/mol. The summed E-state index contributed by atoms with van der Waals surface area (Å²) in [5, 5.41) is 14.0. The van der Waals surface area contributed by atoms with Crippen LogP contribution in [-0.2, 0) is 19.8 Å². The van der Waals surface area contributed by atoms with E-state index in [0.717, 1.165) is 55.1 Å². The second-order valence-electron chi connectivity index (χ2n) is 15.4. The second kappa shape index (κ2) is 16.1. The van der Waals surface area contributed by atoms with Crippen molar-refractivity contribution in [2.45, 2.75) is 87.8 Å². The molecule has 0 unspecified atom stereocenters. The van der Waals surface area contributed by atoms with Crippen LogP contribution in [0.1, 0.15) is 80.9 Å². The minimum atomic E-state index is -1.18. The van der Waals surface area contributed by atoms with Crippen molar-refractivity contribution in [3.8, 4) is 0 Å². The fraction of sp³-hybridized carbons (Fsp3) is 0.512. The van der Waals surface area contributed by atoms with Crippen molar-refractivity contribution < 1.29 is 19.5 Å². The van der Waals surface area contributed by atoms with Crippen molar-refractivity contribution in [1.82, 2.24) is 20.0 Å². The van der Waals surface area contributed by atoms with Crippen molar-refractivity contribution >= 4 is 17.7 Å². The van der Waals surface area contributed by atoms with Crippen molar-refractivity contribution in [2.24, 2.45) is 11.8 Å². The third-order valence-electron chi connectivity index (χ3n) is 12.0. The topological polar surface area (TPSA) is 93.2 Å². The zero-order valence-corrected chi connectivity index (χ0v) is 29.9. The molecule has 3 saturated heterocycles. The molecule has 1 saturated carbocycles. The molecule has 51 heavy (non-hydrogen) atoms. The maximum Gasteiger partial charge on any atom is 0.246 e. The quantitative estimate of drug-likeness (QED) is 0.279. The lowest BCUT2D eigenvalue weighted by atomic mass is 9.68. The molecule has 0 radical (unpaired) electrons. The van der Waals surface area contributed by atoms with Crippen LogP contribution in [-0.4, -0.2) is 95.0 Å². The second-order valence-corrected chi connectivity index (χ2v) is 15.4. The number of hydrogen-bond acceptors (Lipinski definition) is 5. The zero-order valence-electron chi connectivity index (χ0n) is 29.9. The van der Waals surface area contributed by atoms with Crippen LogP contribution in [0.25, 0.3) is 0 Å². The molecule has 3 aliphatic heterocycles. The van der Waals surface area contributed by atoms with Crippen LogP contribution in [0.3, 0.4) is 0 Å². The maximum absolute atomic E-state index is 15.3. The third kappa shape index (κ3) is 7.49. The van der Waals surface area contributed by atoms with Crippen molar-refractivity contribution in [3.63, 3.8) is 0 Å². The number of amides is 3. The first-order valence-electron chi connectivity index (χ1n) is 19.4. The highest BCUT2D eigenvalue weighted by molar-refractivity contribution is 6.00. The average Bonchev–Trinajstić information content (AvgIpc) is 3.83. The molecule has 0 bridgehead atoms. The number of carbonyl (C=O) groups excluding carboxylic acids is 3. The van der Waals surface area contributed by atoms with Crippen molar-refractivity contribution in [3.05, 3.63) is 108 Å². The molecule has 270 valence electrons. The first kappa shape index (κ1) is 35.4. The number of carbonyl (C=O) groups is 3. The zero-order chi connectivity index (χ0) is 35.2. The van der Waals surface area contributed by atoms with Gasteiger partial charge >= 0.3 is 0 Å².